The fourth-order valence-electron chi connectivity index (χ4n) is 6.56. The van der Waals surface area contributed by atoms with Gasteiger partial charge in [0.2, 0.25) is 21.8 Å². The SMILES string of the molecule is Cc1ccc(S(=O)(=O)N2CCNC(=O)[C@H]2CC(=O)N[C@@H]2CCCc3cc(CCCNCC4CCCC4)ccc32)cc1. The summed E-state index contributed by atoms with van der Waals surface area (Å²) in [6.45, 7) is 4.42. The highest BCUT2D eigenvalue weighted by molar-refractivity contribution is 7.89. The lowest BCUT2D eigenvalue weighted by Crippen LogP contribution is -2.58. The molecule has 8 nitrogen and oxygen atoms in total. The van der Waals surface area contributed by atoms with Crippen LogP contribution in [0.15, 0.2) is 47.4 Å². The van der Waals surface area contributed by atoms with Gasteiger partial charge in [0.25, 0.3) is 0 Å². The molecule has 5 rings (SSSR count). The smallest absolute Gasteiger partial charge is 0.243 e. The number of fused-ring (bicyclic) bond motifs is 1. The van der Waals surface area contributed by atoms with E-state index in [1.54, 1.807) is 24.3 Å². The molecule has 0 aromatic heterocycles. The first-order valence-electron chi connectivity index (χ1n) is 15.3. The van der Waals surface area contributed by atoms with E-state index in [9.17, 15) is 18.0 Å². The summed E-state index contributed by atoms with van der Waals surface area (Å²) in [4.78, 5) is 26.2. The first-order valence-corrected chi connectivity index (χ1v) is 16.7. The molecular weight excluding hydrogens is 536 g/mol. The predicted octanol–water partition coefficient (Wildman–Crippen LogP) is 3.78. The summed E-state index contributed by atoms with van der Waals surface area (Å²) in [6, 6.07) is 12.0. The van der Waals surface area contributed by atoms with E-state index in [0.29, 0.717) is 0 Å². The monoisotopic (exact) mass is 580 g/mol. The van der Waals surface area contributed by atoms with Crippen LogP contribution in [0, 0.1) is 12.8 Å². The van der Waals surface area contributed by atoms with Crippen LogP contribution in [0.2, 0.25) is 0 Å². The Morgan fingerprint density at radius 3 is 2.61 bits per heavy atom. The van der Waals surface area contributed by atoms with Crippen molar-refractivity contribution in [1.29, 1.82) is 0 Å². The second-order valence-electron chi connectivity index (χ2n) is 11.9. The molecule has 2 aliphatic carbocycles. The molecule has 0 unspecified atom stereocenters. The summed E-state index contributed by atoms with van der Waals surface area (Å²) in [6.07, 6.45) is 10.2. The molecule has 3 N–H and O–H groups in total. The van der Waals surface area contributed by atoms with Gasteiger partial charge in [-0.15, -0.1) is 0 Å². The van der Waals surface area contributed by atoms with Crippen LogP contribution in [0.1, 0.15) is 79.7 Å². The van der Waals surface area contributed by atoms with E-state index in [-0.39, 0.29) is 36.4 Å². The van der Waals surface area contributed by atoms with Gasteiger partial charge in [-0.05, 0) is 99.7 Å². The summed E-state index contributed by atoms with van der Waals surface area (Å²) >= 11 is 0. The van der Waals surface area contributed by atoms with Gasteiger partial charge in [0.05, 0.1) is 17.4 Å². The van der Waals surface area contributed by atoms with Gasteiger partial charge < -0.3 is 16.0 Å². The number of rotatable bonds is 11. The Balaban J connectivity index is 1.18. The van der Waals surface area contributed by atoms with Crippen molar-refractivity contribution < 1.29 is 18.0 Å². The van der Waals surface area contributed by atoms with E-state index < -0.39 is 22.0 Å². The Morgan fingerprint density at radius 2 is 1.83 bits per heavy atom. The van der Waals surface area contributed by atoms with Crippen LogP contribution < -0.4 is 16.0 Å². The highest BCUT2D eigenvalue weighted by Crippen LogP contribution is 2.31. The highest BCUT2D eigenvalue weighted by atomic mass is 32.2. The zero-order valence-corrected chi connectivity index (χ0v) is 25.0. The van der Waals surface area contributed by atoms with Crippen LogP contribution in [0.25, 0.3) is 0 Å². The minimum atomic E-state index is -3.92. The second-order valence-corrected chi connectivity index (χ2v) is 13.8. The van der Waals surface area contributed by atoms with E-state index in [4.69, 9.17) is 0 Å². The minimum Gasteiger partial charge on any atom is -0.353 e. The molecule has 9 heteroatoms. The molecule has 41 heavy (non-hydrogen) atoms. The quantitative estimate of drug-likeness (QED) is 0.351. The van der Waals surface area contributed by atoms with Gasteiger partial charge in [0.1, 0.15) is 6.04 Å². The molecule has 1 saturated heterocycles. The van der Waals surface area contributed by atoms with E-state index in [1.807, 2.05) is 6.92 Å². The lowest BCUT2D eigenvalue weighted by atomic mass is 9.86. The molecule has 0 bridgehead atoms. The van der Waals surface area contributed by atoms with E-state index in [0.717, 1.165) is 62.2 Å². The number of carbonyl (C=O) groups excluding carboxylic acids is 2. The molecule has 2 aromatic carbocycles. The maximum absolute atomic E-state index is 13.4. The number of nitrogens with one attached hydrogen (secondary N) is 3. The molecule has 1 aliphatic heterocycles. The average molecular weight is 581 g/mol. The van der Waals surface area contributed by atoms with E-state index in [2.05, 4.69) is 34.1 Å². The Kier molecular flexibility index (Phi) is 9.78. The van der Waals surface area contributed by atoms with Crippen molar-refractivity contribution in [2.45, 2.75) is 88.1 Å². The fraction of sp³-hybridized carbons (Fsp3) is 0.562. The number of piperazine rings is 1. The first kappa shape index (κ1) is 29.7. The minimum absolute atomic E-state index is 0.129. The van der Waals surface area contributed by atoms with Gasteiger partial charge in [0, 0.05) is 13.1 Å². The van der Waals surface area contributed by atoms with Crippen molar-refractivity contribution in [1.82, 2.24) is 20.3 Å². The van der Waals surface area contributed by atoms with Crippen molar-refractivity contribution in [2.24, 2.45) is 5.92 Å². The molecule has 2 atom stereocenters. The number of benzene rings is 2. The number of aryl methyl sites for hydroxylation is 3. The lowest BCUT2D eigenvalue weighted by molar-refractivity contribution is -0.132. The summed E-state index contributed by atoms with van der Waals surface area (Å²) < 4.78 is 28.0. The van der Waals surface area contributed by atoms with Crippen LogP contribution >= 0.6 is 0 Å². The standard InChI is InChI=1S/C32H44N4O4S/c1-23-11-14-27(15-12-23)41(39,40)36-19-18-34-32(38)30(36)21-31(37)35-29-10-4-9-26-20-24(13-16-28(26)29)8-5-17-33-22-25-6-2-3-7-25/h11-16,20,25,29-30,33H,2-10,17-19,21-22H2,1H3,(H,34,38)(H,35,37)/t29-,30-/m1/s1. The Bertz CT molecular complexity index is 1320. The maximum Gasteiger partial charge on any atom is 0.243 e. The van der Waals surface area contributed by atoms with Gasteiger partial charge in [-0.25, -0.2) is 8.42 Å². The third kappa shape index (κ3) is 7.37. The Morgan fingerprint density at radius 1 is 1.05 bits per heavy atom. The zero-order valence-electron chi connectivity index (χ0n) is 24.2. The molecule has 2 amide bonds. The Hall–Kier alpha value is -2.75. The third-order valence-corrected chi connectivity index (χ3v) is 10.8. The van der Waals surface area contributed by atoms with Crippen LogP contribution in [-0.4, -0.2) is 56.8 Å². The van der Waals surface area contributed by atoms with Crippen molar-refractivity contribution in [3.63, 3.8) is 0 Å². The maximum atomic E-state index is 13.4. The summed E-state index contributed by atoms with van der Waals surface area (Å²) in [7, 11) is -3.92. The topological polar surface area (TPSA) is 108 Å². The number of carbonyl (C=O) groups is 2. The molecular formula is C32H44N4O4S. The summed E-state index contributed by atoms with van der Waals surface area (Å²) in [5.41, 5.74) is 4.68. The molecule has 0 radical (unpaired) electrons. The molecule has 222 valence electrons. The average Bonchev–Trinajstić information content (AvgIpc) is 3.48. The largest absolute Gasteiger partial charge is 0.353 e. The van der Waals surface area contributed by atoms with Gasteiger partial charge in [0.15, 0.2) is 0 Å². The molecule has 2 fully saturated rings. The van der Waals surface area contributed by atoms with E-state index in [1.165, 1.54) is 41.1 Å². The van der Waals surface area contributed by atoms with E-state index >= 15 is 0 Å². The normalized spacial score (nSPS) is 21.8. The van der Waals surface area contributed by atoms with Gasteiger partial charge in [-0.2, -0.15) is 4.31 Å². The molecule has 1 heterocycles. The molecule has 3 aliphatic rings. The molecule has 1 saturated carbocycles. The van der Waals surface area contributed by atoms with Crippen LogP contribution in [0.4, 0.5) is 0 Å². The Labute approximate surface area is 244 Å². The number of hydrogen-bond acceptors (Lipinski definition) is 5. The molecule has 2 aromatic rings. The van der Waals surface area contributed by atoms with Gasteiger partial charge >= 0.3 is 0 Å². The number of nitrogens with zero attached hydrogens (tertiary/aromatic N) is 1. The number of hydrogen-bond donors (Lipinski definition) is 3. The van der Waals surface area contributed by atoms with Crippen LogP contribution in [-0.2, 0) is 32.5 Å². The summed E-state index contributed by atoms with van der Waals surface area (Å²) in [5, 5.41) is 9.48. The van der Waals surface area contributed by atoms with Gasteiger partial charge in [-0.1, -0.05) is 48.7 Å². The molecule has 0 spiro atoms. The lowest BCUT2D eigenvalue weighted by Gasteiger charge is -2.34. The van der Waals surface area contributed by atoms with Crippen molar-refractivity contribution in [3.8, 4) is 0 Å². The first-order chi connectivity index (χ1) is 19.8. The van der Waals surface area contributed by atoms with Crippen LogP contribution in [0.3, 0.4) is 0 Å². The number of amides is 2. The van der Waals surface area contributed by atoms with Crippen molar-refractivity contribution >= 4 is 21.8 Å². The zero-order chi connectivity index (χ0) is 28.8. The van der Waals surface area contributed by atoms with Crippen LogP contribution in [0.5, 0.6) is 0 Å². The third-order valence-electron chi connectivity index (χ3n) is 8.87. The highest BCUT2D eigenvalue weighted by Gasteiger charge is 2.40. The number of sulfonamides is 1. The summed E-state index contributed by atoms with van der Waals surface area (Å²) in [5.74, 6) is 0.110. The van der Waals surface area contributed by atoms with Crippen molar-refractivity contribution in [2.75, 3.05) is 26.2 Å². The van der Waals surface area contributed by atoms with Gasteiger partial charge in [-0.3, -0.25) is 9.59 Å². The fourth-order valence-corrected chi connectivity index (χ4v) is 8.15. The predicted molar refractivity (Wildman–Crippen MR) is 160 cm³/mol. The van der Waals surface area contributed by atoms with Crippen molar-refractivity contribution in [3.05, 3.63) is 64.7 Å². The second kappa shape index (κ2) is 13.5.